The molecule has 30 valence electrons. The van der Waals surface area contributed by atoms with E-state index in [9.17, 15) is 0 Å². The van der Waals surface area contributed by atoms with E-state index in [1.807, 2.05) is 0 Å². The molecule has 1 aliphatic heterocycles. The quantitative estimate of drug-likeness (QED) is 0.460. The van der Waals surface area contributed by atoms with Gasteiger partial charge in [-0.05, 0) is 0 Å². The average molecular weight is 326 g/mol. The van der Waals surface area contributed by atoms with Crippen LogP contribution >= 0.6 is 0 Å². The first-order valence-corrected chi connectivity index (χ1v) is 16.2. The molecule has 0 bridgehead atoms. The molecule has 0 amide bonds. The zero-order valence-electron chi connectivity index (χ0n) is 2.94. The van der Waals surface area contributed by atoms with Gasteiger partial charge in [-0.1, -0.05) is 0 Å². The van der Waals surface area contributed by atoms with Gasteiger partial charge in [-0.25, -0.2) is 0 Å². The second-order valence-electron chi connectivity index (χ2n) is 0.700. The zero-order chi connectivity index (χ0) is 4.24. The van der Waals surface area contributed by atoms with Gasteiger partial charge in [0.25, 0.3) is 0 Å². The summed E-state index contributed by atoms with van der Waals surface area (Å²) >= 11 is 3.32. The summed E-state index contributed by atoms with van der Waals surface area (Å²) < 4.78 is 5.18. The van der Waals surface area contributed by atoms with E-state index < -0.39 is 0 Å². The fourth-order valence-corrected chi connectivity index (χ4v) is 50.4. The van der Waals surface area contributed by atoms with Crippen molar-refractivity contribution in [1.82, 2.24) is 0 Å². The molecule has 0 saturated carbocycles. The first-order valence-electron chi connectivity index (χ1n) is 1.43. The second-order valence-corrected chi connectivity index (χ2v) is 25.8. The molecule has 0 aromatic rings. The predicted molar refractivity (Wildman–Crippen MR) is 35.1 cm³/mol. The van der Waals surface area contributed by atoms with Crippen molar-refractivity contribution in [3.8, 4) is 0 Å². The monoisotopic (exact) mass is 326 g/mol. The van der Waals surface area contributed by atoms with Gasteiger partial charge in [0.15, 0.2) is 0 Å². The van der Waals surface area contributed by atoms with Crippen molar-refractivity contribution in [3.63, 3.8) is 0 Å². The molecule has 0 aromatic carbocycles. The third kappa shape index (κ3) is 2.32. The summed E-state index contributed by atoms with van der Waals surface area (Å²) in [5.74, 6) is 0. The standard InChI is InChI=1S/C2H2As4/c1-3-2-5-6-4-1/h1-2H. The van der Waals surface area contributed by atoms with Crippen molar-refractivity contribution in [2.24, 2.45) is 0 Å². The first-order chi connectivity index (χ1) is 3.00. The second kappa shape index (κ2) is 3.91. The van der Waals surface area contributed by atoms with Crippen LogP contribution in [-0.4, -0.2) is 60.0 Å². The maximum absolute atomic E-state index is 2.59. The van der Waals surface area contributed by atoms with Gasteiger partial charge in [0.05, 0.1) is 0 Å². The van der Waals surface area contributed by atoms with Crippen molar-refractivity contribution in [2.45, 2.75) is 0 Å². The van der Waals surface area contributed by atoms with E-state index in [0.29, 0.717) is 15.3 Å². The third-order valence-electron chi connectivity index (χ3n) is 0.340. The summed E-state index contributed by atoms with van der Waals surface area (Å²) in [7, 11) is 0. The zero-order valence-corrected chi connectivity index (χ0v) is 10.4. The number of hydrogen-bond donors (Lipinski definition) is 0. The Labute approximate surface area is 59.1 Å². The van der Waals surface area contributed by atoms with E-state index in [1.165, 1.54) is 0 Å². The van der Waals surface area contributed by atoms with Gasteiger partial charge in [0.2, 0.25) is 0 Å². The van der Waals surface area contributed by atoms with Crippen LogP contribution < -0.4 is 0 Å². The van der Waals surface area contributed by atoms with Crippen LogP contribution in [0.4, 0.5) is 0 Å². The summed E-state index contributed by atoms with van der Waals surface area (Å²) in [6, 6.07) is 0. The van der Waals surface area contributed by atoms with Crippen molar-refractivity contribution in [1.29, 1.82) is 0 Å². The van der Waals surface area contributed by atoms with Crippen LogP contribution in [0.25, 0.3) is 0 Å². The van der Waals surface area contributed by atoms with Crippen molar-refractivity contribution >= 4 is 60.0 Å². The Kier molecular flexibility index (Phi) is 3.98. The van der Waals surface area contributed by atoms with E-state index in [4.69, 9.17) is 0 Å². The number of hydrogen-bond acceptors (Lipinski definition) is 0. The molecule has 1 heterocycles. The molecule has 0 nitrogen and oxygen atoms in total. The summed E-state index contributed by atoms with van der Waals surface area (Å²) in [6.07, 6.45) is 0. The van der Waals surface area contributed by atoms with Crippen LogP contribution in [-0.2, 0) is 0 Å². The molecular weight excluding hydrogens is 324 g/mol. The SMILES string of the molecule is C1=[As]C=[As][As]=[As]1. The third-order valence-corrected chi connectivity index (χ3v) is 32.6. The van der Waals surface area contributed by atoms with Crippen LogP contribution in [0.2, 0.25) is 0 Å². The van der Waals surface area contributed by atoms with Crippen LogP contribution in [0.5, 0.6) is 0 Å². The van der Waals surface area contributed by atoms with Gasteiger partial charge in [-0.2, -0.15) is 0 Å². The molecule has 1 rings (SSSR count). The molecule has 0 fully saturated rings. The average Bonchev–Trinajstić information content (AvgIpc) is 1.72. The fraction of sp³-hybridized carbons (Fsp3) is 0. The van der Waals surface area contributed by atoms with Crippen LogP contribution in [0.3, 0.4) is 0 Å². The minimum atomic E-state index is 0.688. The Morgan fingerprint density at radius 3 is 2.33 bits per heavy atom. The molecule has 0 spiro atoms. The fourth-order valence-electron chi connectivity index (χ4n) is 0.165. The molecule has 0 atom stereocenters. The van der Waals surface area contributed by atoms with Crippen molar-refractivity contribution < 1.29 is 0 Å². The van der Waals surface area contributed by atoms with Gasteiger partial charge >= 0.3 is 60.0 Å². The molecule has 0 unspecified atom stereocenters. The molecule has 0 saturated heterocycles. The van der Waals surface area contributed by atoms with E-state index in [2.05, 4.69) is 7.19 Å². The topological polar surface area (TPSA) is 0 Å². The molecule has 6 heavy (non-hydrogen) atoms. The molecule has 4 heteroatoms. The summed E-state index contributed by atoms with van der Waals surface area (Å²) in [5.41, 5.74) is 0. The van der Waals surface area contributed by atoms with Crippen molar-refractivity contribution in [3.05, 3.63) is 0 Å². The first kappa shape index (κ1) is 6.10. The van der Waals surface area contributed by atoms with Gasteiger partial charge in [0.1, 0.15) is 0 Å². The summed E-state index contributed by atoms with van der Waals surface area (Å²) in [6.45, 7) is 0. The van der Waals surface area contributed by atoms with Gasteiger partial charge in [0, 0.05) is 0 Å². The number of rotatable bonds is 0. The Morgan fingerprint density at radius 1 is 1.17 bits per heavy atom. The molecule has 0 radical (unpaired) electrons. The van der Waals surface area contributed by atoms with E-state index in [-0.39, 0.29) is 0 Å². The van der Waals surface area contributed by atoms with E-state index >= 15 is 0 Å². The summed E-state index contributed by atoms with van der Waals surface area (Å²) in [4.78, 5) is 0. The molecule has 0 aromatic heterocycles. The molecular formula is C2H2As4. The molecule has 0 N–H and O–H groups in total. The predicted octanol–water partition coefficient (Wildman–Crippen LogP) is -1.83. The van der Waals surface area contributed by atoms with Crippen molar-refractivity contribution in [2.75, 3.05) is 0 Å². The van der Waals surface area contributed by atoms with Gasteiger partial charge in [-0.3, -0.25) is 0 Å². The Hall–Kier alpha value is 1.97. The summed E-state index contributed by atoms with van der Waals surface area (Å²) in [5, 5.41) is 0. The normalized spacial score (nSPS) is 26.7. The minimum absolute atomic E-state index is 0.688. The Balaban J connectivity index is 2.77. The van der Waals surface area contributed by atoms with Gasteiger partial charge in [-0.15, -0.1) is 0 Å². The van der Waals surface area contributed by atoms with E-state index in [0.717, 1.165) is 37.5 Å². The van der Waals surface area contributed by atoms with E-state index in [1.54, 1.807) is 0 Å². The molecule has 1 aliphatic rings. The van der Waals surface area contributed by atoms with Crippen LogP contribution in [0.15, 0.2) is 0 Å². The van der Waals surface area contributed by atoms with Crippen LogP contribution in [0.1, 0.15) is 0 Å². The Morgan fingerprint density at radius 2 is 2.17 bits per heavy atom. The van der Waals surface area contributed by atoms with Crippen LogP contribution in [0, 0.1) is 0 Å². The Bertz CT molecular complexity index is 74.9. The molecule has 0 aliphatic carbocycles. The van der Waals surface area contributed by atoms with Gasteiger partial charge < -0.3 is 0 Å². The maximum atomic E-state index is 2.59.